The molecule has 2 aromatic heterocycles. The molecule has 1 aromatic carbocycles. The molecule has 0 spiro atoms. The van der Waals surface area contributed by atoms with Crippen molar-refractivity contribution >= 4 is 28.5 Å². The first-order valence-corrected chi connectivity index (χ1v) is 8.67. The zero-order chi connectivity index (χ0) is 20.3. The van der Waals surface area contributed by atoms with Crippen LogP contribution in [0.15, 0.2) is 52.3 Å². The van der Waals surface area contributed by atoms with Crippen LogP contribution in [0.4, 0.5) is 10.1 Å². The number of hydrogen-bond donors (Lipinski definition) is 4. The fourth-order valence-corrected chi connectivity index (χ4v) is 3.03. The maximum atomic E-state index is 14.3. The van der Waals surface area contributed by atoms with E-state index in [1.165, 1.54) is 30.7 Å². The monoisotopic (exact) mass is 380 g/mol. The van der Waals surface area contributed by atoms with E-state index in [1.807, 2.05) is 6.92 Å². The molecule has 144 valence electrons. The van der Waals surface area contributed by atoms with E-state index in [4.69, 9.17) is 11.5 Å². The zero-order valence-corrected chi connectivity index (χ0v) is 15.6. The number of aliphatic imine (C=N–C) groups is 2. The number of nitrogens with one attached hydrogen (secondary N) is 1. The maximum absolute atomic E-state index is 14.3. The standard InChI is InChI=1S/C20H21FN6O/c1-3-15(26-11(8-22)9-24-2)18-12-7-16(25-10-17(12)27-20(18)28)19-13(21)5-4-6-14(19)23/h4-10,27-28H,3,22-23H2,1-2H3/b11-8+,24-9?,26-15?. The smallest absolute Gasteiger partial charge is 0.198 e. The molecule has 0 atom stereocenters. The minimum atomic E-state index is -0.468. The molecule has 0 aliphatic heterocycles. The molecular weight excluding hydrogens is 359 g/mol. The van der Waals surface area contributed by atoms with Crippen LogP contribution in [0.5, 0.6) is 5.88 Å². The number of allylic oxidation sites excluding steroid dienone is 1. The van der Waals surface area contributed by atoms with Gasteiger partial charge in [0.2, 0.25) is 0 Å². The highest BCUT2D eigenvalue weighted by Crippen LogP contribution is 2.34. The maximum Gasteiger partial charge on any atom is 0.198 e. The number of aromatic amines is 1. The minimum Gasteiger partial charge on any atom is -0.494 e. The van der Waals surface area contributed by atoms with Crippen LogP contribution in [-0.4, -0.2) is 34.0 Å². The molecular formula is C20H21FN6O. The van der Waals surface area contributed by atoms with Crippen molar-refractivity contribution in [2.24, 2.45) is 15.7 Å². The average molecular weight is 380 g/mol. The number of H-pyrrole nitrogens is 1. The number of hydrogen-bond acceptors (Lipinski definition) is 6. The number of nitrogens with two attached hydrogens (primary N) is 2. The van der Waals surface area contributed by atoms with Crippen molar-refractivity contribution in [3.05, 3.63) is 53.7 Å². The van der Waals surface area contributed by atoms with Gasteiger partial charge in [-0.1, -0.05) is 13.0 Å². The Bertz CT molecular complexity index is 1090. The Hall–Kier alpha value is -3.68. The molecule has 2 heterocycles. The van der Waals surface area contributed by atoms with Gasteiger partial charge in [-0.05, 0) is 24.6 Å². The fourth-order valence-electron chi connectivity index (χ4n) is 3.03. The fraction of sp³-hybridized carbons (Fsp3) is 0.150. The first-order chi connectivity index (χ1) is 13.5. The Labute approximate surface area is 161 Å². The number of nitrogen functional groups attached to an aromatic ring is 1. The molecule has 6 N–H and O–H groups in total. The summed E-state index contributed by atoms with van der Waals surface area (Å²) in [6, 6.07) is 6.16. The van der Waals surface area contributed by atoms with Gasteiger partial charge in [-0.2, -0.15) is 0 Å². The van der Waals surface area contributed by atoms with E-state index >= 15 is 0 Å². The van der Waals surface area contributed by atoms with Crippen molar-refractivity contribution < 1.29 is 9.50 Å². The van der Waals surface area contributed by atoms with Crippen LogP contribution in [0.2, 0.25) is 0 Å². The molecule has 8 heteroatoms. The van der Waals surface area contributed by atoms with E-state index in [0.29, 0.717) is 40.0 Å². The van der Waals surface area contributed by atoms with E-state index in [9.17, 15) is 9.50 Å². The molecule has 0 unspecified atom stereocenters. The quantitative estimate of drug-likeness (QED) is 0.400. The number of rotatable bonds is 5. The van der Waals surface area contributed by atoms with Crippen molar-refractivity contribution in [2.45, 2.75) is 13.3 Å². The van der Waals surface area contributed by atoms with Gasteiger partial charge in [0.1, 0.15) is 5.82 Å². The highest BCUT2D eigenvalue weighted by atomic mass is 19.1. The number of anilines is 1. The molecule has 0 aliphatic rings. The van der Waals surface area contributed by atoms with Crippen LogP contribution in [-0.2, 0) is 0 Å². The molecule has 0 bridgehead atoms. The van der Waals surface area contributed by atoms with E-state index in [1.54, 1.807) is 19.2 Å². The third kappa shape index (κ3) is 3.44. The third-order valence-electron chi connectivity index (χ3n) is 4.28. The highest BCUT2D eigenvalue weighted by Gasteiger charge is 2.19. The van der Waals surface area contributed by atoms with Gasteiger partial charge in [0.05, 0.1) is 39.9 Å². The lowest BCUT2D eigenvalue weighted by molar-refractivity contribution is 0.457. The predicted molar refractivity (Wildman–Crippen MR) is 111 cm³/mol. The van der Waals surface area contributed by atoms with Gasteiger partial charge in [-0.3, -0.25) is 9.98 Å². The van der Waals surface area contributed by atoms with Crippen LogP contribution < -0.4 is 11.5 Å². The Morgan fingerprint density at radius 1 is 1.39 bits per heavy atom. The normalized spacial score (nSPS) is 13.0. The number of nitrogens with zero attached hydrogens (tertiary/aromatic N) is 3. The van der Waals surface area contributed by atoms with E-state index < -0.39 is 5.82 Å². The number of pyridine rings is 1. The molecule has 0 saturated carbocycles. The molecule has 0 fully saturated rings. The molecule has 0 amide bonds. The van der Waals surface area contributed by atoms with Crippen molar-refractivity contribution in [3.63, 3.8) is 0 Å². The highest BCUT2D eigenvalue weighted by molar-refractivity contribution is 6.14. The Balaban J connectivity index is 2.24. The summed E-state index contributed by atoms with van der Waals surface area (Å²) in [5, 5.41) is 11.1. The lowest BCUT2D eigenvalue weighted by Crippen LogP contribution is -2.02. The summed E-state index contributed by atoms with van der Waals surface area (Å²) in [6.45, 7) is 1.91. The van der Waals surface area contributed by atoms with Gasteiger partial charge >= 0.3 is 0 Å². The van der Waals surface area contributed by atoms with E-state index in [-0.39, 0.29) is 17.1 Å². The topological polar surface area (TPSA) is 126 Å². The van der Waals surface area contributed by atoms with Gasteiger partial charge in [-0.25, -0.2) is 9.38 Å². The summed E-state index contributed by atoms with van der Waals surface area (Å²) in [4.78, 5) is 15.6. The van der Waals surface area contributed by atoms with Gasteiger partial charge in [0.25, 0.3) is 0 Å². The molecule has 0 radical (unpaired) electrons. The molecule has 28 heavy (non-hydrogen) atoms. The average Bonchev–Trinajstić information content (AvgIpc) is 3.00. The van der Waals surface area contributed by atoms with Crippen LogP contribution >= 0.6 is 0 Å². The second kappa shape index (κ2) is 7.91. The first kappa shape index (κ1) is 19.1. The summed E-state index contributed by atoms with van der Waals surface area (Å²) >= 11 is 0. The van der Waals surface area contributed by atoms with Crippen molar-refractivity contribution in [1.29, 1.82) is 0 Å². The van der Waals surface area contributed by atoms with Crippen molar-refractivity contribution in [1.82, 2.24) is 9.97 Å². The van der Waals surface area contributed by atoms with Crippen molar-refractivity contribution in [3.8, 4) is 17.1 Å². The van der Waals surface area contributed by atoms with Gasteiger partial charge in [0.15, 0.2) is 5.88 Å². The molecule has 0 saturated heterocycles. The Morgan fingerprint density at radius 3 is 2.82 bits per heavy atom. The van der Waals surface area contributed by atoms with Crippen LogP contribution in [0.3, 0.4) is 0 Å². The lowest BCUT2D eigenvalue weighted by Gasteiger charge is -2.08. The van der Waals surface area contributed by atoms with Gasteiger partial charge in [-0.15, -0.1) is 0 Å². The molecule has 7 nitrogen and oxygen atoms in total. The summed E-state index contributed by atoms with van der Waals surface area (Å²) in [5.41, 5.74) is 14.6. The zero-order valence-electron chi connectivity index (χ0n) is 15.6. The van der Waals surface area contributed by atoms with Crippen LogP contribution in [0.25, 0.3) is 22.2 Å². The predicted octanol–water partition coefficient (Wildman–Crippen LogP) is 3.36. The third-order valence-corrected chi connectivity index (χ3v) is 4.28. The van der Waals surface area contributed by atoms with Gasteiger partial charge in [0, 0.05) is 30.5 Å². The molecule has 0 aliphatic carbocycles. The van der Waals surface area contributed by atoms with Crippen LogP contribution in [0.1, 0.15) is 18.9 Å². The number of aromatic nitrogens is 2. The summed E-state index contributed by atoms with van der Waals surface area (Å²) < 4.78 is 14.3. The Kier molecular flexibility index (Phi) is 5.39. The largest absolute Gasteiger partial charge is 0.494 e. The Morgan fingerprint density at radius 2 is 2.18 bits per heavy atom. The van der Waals surface area contributed by atoms with E-state index in [2.05, 4.69) is 20.0 Å². The summed E-state index contributed by atoms with van der Waals surface area (Å²) in [7, 11) is 1.62. The number of fused-ring (bicyclic) bond motifs is 1. The lowest BCUT2D eigenvalue weighted by atomic mass is 10.0. The van der Waals surface area contributed by atoms with Crippen LogP contribution in [0, 0.1) is 5.82 Å². The number of aromatic hydroxyl groups is 1. The summed E-state index contributed by atoms with van der Waals surface area (Å²) in [5.74, 6) is -0.522. The SMILES string of the molecule is CCC(=N/C(C=NC)=C/N)c1c(O)[nH]c2cnc(-c3c(N)cccc3F)cc12. The second-order valence-corrected chi connectivity index (χ2v) is 6.06. The summed E-state index contributed by atoms with van der Waals surface area (Å²) in [6.07, 6.45) is 4.91. The molecule has 3 rings (SSSR count). The number of benzene rings is 1. The van der Waals surface area contributed by atoms with Crippen molar-refractivity contribution in [2.75, 3.05) is 12.8 Å². The first-order valence-electron chi connectivity index (χ1n) is 8.67. The van der Waals surface area contributed by atoms with Gasteiger partial charge < -0.3 is 21.6 Å². The number of halogens is 1. The second-order valence-electron chi connectivity index (χ2n) is 6.06. The minimum absolute atomic E-state index is 0.0548. The van der Waals surface area contributed by atoms with E-state index in [0.717, 1.165) is 0 Å². The molecule has 3 aromatic rings.